The molecule has 0 unspecified atom stereocenters. The van der Waals surface area contributed by atoms with E-state index in [0.29, 0.717) is 17.0 Å². The summed E-state index contributed by atoms with van der Waals surface area (Å²) in [6.45, 7) is 1.44. The van der Waals surface area contributed by atoms with E-state index in [1.165, 1.54) is 18.7 Å². The summed E-state index contributed by atoms with van der Waals surface area (Å²) in [6, 6.07) is 6.78. The van der Waals surface area contributed by atoms with Crippen molar-refractivity contribution in [2.75, 3.05) is 16.8 Å². The van der Waals surface area contributed by atoms with E-state index < -0.39 is 5.97 Å². The molecule has 1 aromatic rings. The van der Waals surface area contributed by atoms with Gasteiger partial charge >= 0.3 is 5.97 Å². The quantitative estimate of drug-likeness (QED) is 0.590. The molecule has 102 valence electrons. The molecule has 0 atom stereocenters. The zero-order valence-electron chi connectivity index (χ0n) is 10.5. The minimum atomic E-state index is -0.880. The van der Waals surface area contributed by atoms with Crippen molar-refractivity contribution < 1.29 is 19.5 Å². The lowest BCUT2D eigenvalue weighted by Crippen LogP contribution is -2.16. The lowest BCUT2D eigenvalue weighted by Gasteiger charge is -2.08. The van der Waals surface area contributed by atoms with Gasteiger partial charge in [-0.3, -0.25) is 14.4 Å². The summed E-state index contributed by atoms with van der Waals surface area (Å²) >= 11 is 1.25. The Kier molecular flexibility index (Phi) is 6.08. The van der Waals surface area contributed by atoms with Gasteiger partial charge in [0.05, 0.1) is 17.9 Å². The van der Waals surface area contributed by atoms with Crippen LogP contribution < -0.4 is 5.32 Å². The maximum absolute atomic E-state index is 11.6. The molecule has 1 rings (SSSR count). The van der Waals surface area contributed by atoms with Crippen molar-refractivity contribution in [1.29, 1.82) is 0 Å². The molecule has 0 radical (unpaired) electrons. The van der Waals surface area contributed by atoms with Gasteiger partial charge in [-0.1, -0.05) is 12.1 Å². The number of hydrogen-bond donors (Lipinski definition) is 2. The number of para-hydroxylation sites is 1. The van der Waals surface area contributed by atoms with Crippen molar-refractivity contribution in [1.82, 2.24) is 0 Å². The van der Waals surface area contributed by atoms with Gasteiger partial charge in [0.2, 0.25) is 5.91 Å². The average Bonchev–Trinajstić information content (AvgIpc) is 2.35. The first-order valence-electron chi connectivity index (χ1n) is 5.70. The highest BCUT2D eigenvalue weighted by Crippen LogP contribution is 2.16. The van der Waals surface area contributed by atoms with Gasteiger partial charge in [-0.05, 0) is 19.1 Å². The lowest BCUT2D eigenvalue weighted by molar-refractivity contribution is -0.136. The molecule has 0 fully saturated rings. The number of carbonyl (C=O) groups is 3. The number of anilines is 1. The van der Waals surface area contributed by atoms with Crippen molar-refractivity contribution in [3.8, 4) is 0 Å². The first kappa shape index (κ1) is 15.2. The number of ketones is 1. The van der Waals surface area contributed by atoms with Gasteiger partial charge in [0.15, 0.2) is 5.78 Å². The van der Waals surface area contributed by atoms with E-state index in [4.69, 9.17) is 5.11 Å². The summed E-state index contributed by atoms with van der Waals surface area (Å²) in [6.07, 6.45) is 0.0297. The minimum absolute atomic E-state index is 0.0297. The van der Waals surface area contributed by atoms with Crippen molar-refractivity contribution in [2.24, 2.45) is 0 Å². The third-order valence-corrected chi connectivity index (χ3v) is 3.23. The number of thioether (sulfide) groups is 1. The molecule has 0 aliphatic carbocycles. The fraction of sp³-hybridized carbons (Fsp3) is 0.308. The van der Waals surface area contributed by atoms with E-state index in [-0.39, 0.29) is 23.9 Å². The fourth-order valence-corrected chi connectivity index (χ4v) is 2.13. The minimum Gasteiger partial charge on any atom is -0.481 e. The number of carboxylic acids is 1. The van der Waals surface area contributed by atoms with Crippen LogP contribution >= 0.6 is 11.8 Å². The number of carboxylic acid groups (broad SMARTS) is 1. The van der Waals surface area contributed by atoms with E-state index in [9.17, 15) is 14.4 Å². The van der Waals surface area contributed by atoms with E-state index >= 15 is 0 Å². The molecular weight excluding hydrogens is 266 g/mol. The number of carbonyl (C=O) groups excluding carboxylic acids is 2. The molecular formula is C13H15NO4S. The number of Topliss-reactive ketones (excluding diaryl/α,β-unsaturated/α-hetero) is 1. The summed E-state index contributed by atoms with van der Waals surface area (Å²) in [5, 5.41) is 11.1. The molecule has 0 aliphatic rings. The normalized spacial score (nSPS) is 9.95. The molecule has 0 spiro atoms. The summed E-state index contributed by atoms with van der Waals surface area (Å²) in [7, 11) is 0. The predicted molar refractivity (Wildman–Crippen MR) is 74.7 cm³/mol. The Balaban J connectivity index is 2.48. The highest BCUT2D eigenvalue weighted by Gasteiger charge is 2.09. The Morgan fingerprint density at radius 2 is 1.95 bits per heavy atom. The Morgan fingerprint density at radius 3 is 2.58 bits per heavy atom. The second-order valence-electron chi connectivity index (χ2n) is 3.85. The molecule has 1 amide bonds. The Bertz CT molecular complexity index is 487. The summed E-state index contributed by atoms with van der Waals surface area (Å²) in [4.78, 5) is 33.3. The van der Waals surface area contributed by atoms with Crippen LogP contribution in [0.1, 0.15) is 23.7 Å². The van der Waals surface area contributed by atoms with Crippen molar-refractivity contribution in [2.45, 2.75) is 13.3 Å². The Labute approximate surface area is 115 Å². The molecule has 0 saturated heterocycles. The molecule has 6 heteroatoms. The zero-order valence-corrected chi connectivity index (χ0v) is 11.3. The van der Waals surface area contributed by atoms with Crippen LogP contribution in [0.4, 0.5) is 5.69 Å². The lowest BCUT2D eigenvalue weighted by atomic mass is 10.1. The Morgan fingerprint density at radius 1 is 1.26 bits per heavy atom. The van der Waals surface area contributed by atoms with Crippen molar-refractivity contribution >= 4 is 35.1 Å². The molecule has 2 N–H and O–H groups in total. The second-order valence-corrected chi connectivity index (χ2v) is 4.95. The average molecular weight is 281 g/mol. The Hall–Kier alpha value is -1.82. The van der Waals surface area contributed by atoms with Crippen LogP contribution in [-0.4, -0.2) is 34.3 Å². The van der Waals surface area contributed by atoms with E-state index in [2.05, 4.69) is 5.32 Å². The first-order chi connectivity index (χ1) is 9.00. The third kappa shape index (κ3) is 5.56. The summed E-state index contributed by atoms with van der Waals surface area (Å²) in [5.74, 6) is -0.690. The van der Waals surface area contributed by atoms with Gasteiger partial charge in [0.25, 0.3) is 0 Å². The second kappa shape index (κ2) is 7.58. The SMILES string of the molecule is CC(=O)c1ccccc1NC(=O)CSCCC(=O)O. The van der Waals surface area contributed by atoms with Crippen molar-refractivity contribution in [3.05, 3.63) is 29.8 Å². The van der Waals surface area contributed by atoms with E-state index in [1.807, 2.05) is 0 Å². The maximum atomic E-state index is 11.6. The fourth-order valence-electron chi connectivity index (χ4n) is 1.41. The molecule has 19 heavy (non-hydrogen) atoms. The molecule has 0 heterocycles. The number of aliphatic carboxylic acids is 1. The van der Waals surface area contributed by atoms with Gasteiger partial charge in [-0.2, -0.15) is 11.8 Å². The van der Waals surface area contributed by atoms with Gasteiger partial charge in [-0.15, -0.1) is 0 Å². The molecule has 5 nitrogen and oxygen atoms in total. The molecule has 0 saturated carbocycles. The van der Waals surface area contributed by atoms with Gasteiger partial charge in [-0.25, -0.2) is 0 Å². The van der Waals surface area contributed by atoms with E-state index in [0.717, 1.165) is 0 Å². The molecule has 0 aliphatic heterocycles. The zero-order chi connectivity index (χ0) is 14.3. The molecule has 1 aromatic carbocycles. The van der Waals surface area contributed by atoms with Gasteiger partial charge in [0.1, 0.15) is 0 Å². The van der Waals surface area contributed by atoms with Crippen LogP contribution in [0.2, 0.25) is 0 Å². The number of benzene rings is 1. The van der Waals surface area contributed by atoms with Crippen LogP contribution in [0.25, 0.3) is 0 Å². The number of amides is 1. The molecule has 0 bridgehead atoms. The smallest absolute Gasteiger partial charge is 0.304 e. The van der Waals surface area contributed by atoms with Crippen LogP contribution in [0.15, 0.2) is 24.3 Å². The van der Waals surface area contributed by atoms with Gasteiger partial charge < -0.3 is 10.4 Å². The molecule has 0 aromatic heterocycles. The summed E-state index contributed by atoms with van der Waals surface area (Å²) < 4.78 is 0. The van der Waals surface area contributed by atoms with Crippen LogP contribution in [0.5, 0.6) is 0 Å². The number of hydrogen-bond acceptors (Lipinski definition) is 4. The monoisotopic (exact) mass is 281 g/mol. The topological polar surface area (TPSA) is 83.5 Å². The number of nitrogens with one attached hydrogen (secondary N) is 1. The van der Waals surface area contributed by atoms with Crippen LogP contribution in [-0.2, 0) is 9.59 Å². The highest BCUT2D eigenvalue weighted by molar-refractivity contribution is 7.99. The first-order valence-corrected chi connectivity index (χ1v) is 6.85. The largest absolute Gasteiger partial charge is 0.481 e. The maximum Gasteiger partial charge on any atom is 0.304 e. The van der Waals surface area contributed by atoms with Crippen molar-refractivity contribution in [3.63, 3.8) is 0 Å². The number of rotatable bonds is 7. The van der Waals surface area contributed by atoms with Gasteiger partial charge in [0, 0.05) is 11.3 Å². The standard InChI is InChI=1S/C13H15NO4S/c1-9(15)10-4-2-3-5-11(10)14-12(16)8-19-7-6-13(17)18/h2-5H,6-8H2,1H3,(H,14,16)(H,17,18). The van der Waals surface area contributed by atoms with E-state index in [1.54, 1.807) is 24.3 Å². The predicted octanol–water partition coefficient (Wildman–Crippen LogP) is 2.04. The third-order valence-electron chi connectivity index (χ3n) is 2.27. The highest BCUT2D eigenvalue weighted by atomic mass is 32.2. The van der Waals surface area contributed by atoms with Crippen LogP contribution in [0, 0.1) is 0 Å². The summed E-state index contributed by atoms with van der Waals surface area (Å²) in [5.41, 5.74) is 0.949. The van der Waals surface area contributed by atoms with Crippen LogP contribution in [0.3, 0.4) is 0 Å².